The fourth-order valence-electron chi connectivity index (χ4n) is 2.56. The molecular weight excluding hydrogens is 254 g/mol. The molecule has 1 unspecified atom stereocenters. The van der Waals surface area contributed by atoms with E-state index in [9.17, 15) is 13.2 Å². The Morgan fingerprint density at radius 2 is 2.17 bits per heavy atom. The number of rotatable bonds is 1. The van der Waals surface area contributed by atoms with E-state index in [0.717, 1.165) is 19.5 Å². The van der Waals surface area contributed by atoms with Crippen molar-refractivity contribution in [3.63, 3.8) is 0 Å². The molecule has 2 aliphatic rings. The summed E-state index contributed by atoms with van der Waals surface area (Å²) in [5, 5.41) is 3.21. The molecule has 0 amide bonds. The van der Waals surface area contributed by atoms with Gasteiger partial charge in [-0.2, -0.15) is 0 Å². The number of nitrogens with zero attached hydrogens (tertiary/aromatic N) is 1. The van der Waals surface area contributed by atoms with Crippen LogP contribution in [0.4, 0.5) is 0 Å². The zero-order valence-corrected chi connectivity index (χ0v) is 10.7. The van der Waals surface area contributed by atoms with Gasteiger partial charge in [0, 0.05) is 18.0 Å². The van der Waals surface area contributed by atoms with E-state index in [1.54, 1.807) is 0 Å². The van der Waals surface area contributed by atoms with Crippen molar-refractivity contribution >= 4 is 9.84 Å². The Balaban J connectivity index is 2.05. The van der Waals surface area contributed by atoms with Gasteiger partial charge in [-0.25, -0.2) is 13.4 Å². The number of nitrogens with one attached hydrogen (secondary N) is 2. The van der Waals surface area contributed by atoms with Crippen LogP contribution in [0.15, 0.2) is 4.79 Å². The van der Waals surface area contributed by atoms with Gasteiger partial charge in [0.05, 0.1) is 17.2 Å². The number of hydrogen-bond acceptors (Lipinski definition) is 5. The monoisotopic (exact) mass is 269 g/mol. The molecule has 7 heteroatoms. The first-order chi connectivity index (χ1) is 8.55. The molecule has 6 nitrogen and oxygen atoms in total. The average molecular weight is 269 g/mol. The largest absolute Gasteiger partial charge is 0.316 e. The molecule has 1 aromatic rings. The summed E-state index contributed by atoms with van der Waals surface area (Å²) in [6.07, 6.45) is 1.21. The molecule has 1 saturated heterocycles. The summed E-state index contributed by atoms with van der Waals surface area (Å²) in [4.78, 5) is 19.1. The topological polar surface area (TPSA) is 91.9 Å². The molecule has 18 heavy (non-hydrogen) atoms. The standard InChI is InChI=1S/C11H15N3O3S/c15-11-8-2-4-18(16,17)6-9(8)13-10(14-11)7-1-3-12-5-7/h7,12H,1-6H2,(H,13,14,15). The molecule has 0 saturated carbocycles. The van der Waals surface area contributed by atoms with E-state index in [-0.39, 0.29) is 29.4 Å². The van der Waals surface area contributed by atoms with Gasteiger partial charge >= 0.3 is 0 Å². The van der Waals surface area contributed by atoms with Gasteiger partial charge in [0.2, 0.25) is 0 Å². The van der Waals surface area contributed by atoms with Gasteiger partial charge in [-0.15, -0.1) is 0 Å². The van der Waals surface area contributed by atoms with Crippen molar-refractivity contribution in [1.82, 2.24) is 15.3 Å². The maximum Gasteiger partial charge on any atom is 0.254 e. The molecule has 3 rings (SSSR count). The van der Waals surface area contributed by atoms with Crippen molar-refractivity contribution in [2.75, 3.05) is 18.8 Å². The molecule has 2 aliphatic heterocycles. The minimum Gasteiger partial charge on any atom is -0.316 e. The lowest BCUT2D eigenvalue weighted by molar-refractivity contribution is 0.588. The summed E-state index contributed by atoms with van der Waals surface area (Å²) in [5.74, 6) is 0.766. The van der Waals surface area contributed by atoms with E-state index < -0.39 is 9.84 Å². The first-order valence-electron chi connectivity index (χ1n) is 6.08. The number of aromatic amines is 1. The van der Waals surface area contributed by atoms with Crippen LogP contribution >= 0.6 is 0 Å². The predicted octanol–water partition coefficient (Wildman–Crippen LogP) is -0.682. The van der Waals surface area contributed by atoms with E-state index in [1.807, 2.05) is 0 Å². The number of sulfone groups is 1. The first-order valence-corrected chi connectivity index (χ1v) is 7.90. The average Bonchev–Trinajstić information content (AvgIpc) is 2.80. The second kappa shape index (κ2) is 4.17. The highest BCUT2D eigenvalue weighted by Gasteiger charge is 2.27. The van der Waals surface area contributed by atoms with Crippen molar-refractivity contribution in [2.24, 2.45) is 0 Å². The predicted molar refractivity (Wildman–Crippen MR) is 66.3 cm³/mol. The fraction of sp³-hybridized carbons (Fsp3) is 0.636. The Kier molecular flexibility index (Phi) is 2.74. The summed E-state index contributed by atoms with van der Waals surface area (Å²) >= 11 is 0. The first kappa shape index (κ1) is 11.9. The second-order valence-electron chi connectivity index (χ2n) is 4.91. The van der Waals surface area contributed by atoms with Crippen LogP contribution in [0.2, 0.25) is 0 Å². The van der Waals surface area contributed by atoms with Gasteiger partial charge in [-0.05, 0) is 19.4 Å². The van der Waals surface area contributed by atoms with Crippen LogP contribution in [0.25, 0.3) is 0 Å². The zero-order valence-electron chi connectivity index (χ0n) is 9.90. The molecule has 0 bridgehead atoms. The van der Waals surface area contributed by atoms with Gasteiger partial charge in [0.15, 0.2) is 9.84 Å². The summed E-state index contributed by atoms with van der Waals surface area (Å²) in [6.45, 7) is 1.69. The third-order valence-corrected chi connectivity index (χ3v) is 5.13. The molecule has 0 aromatic carbocycles. The Morgan fingerprint density at radius 1 is 1.33 bits per heavy atom. The fourth-order valence-corrected chi connectivity index (χ4v) is 3.88. The molecule has 1 atom stereocenters. The summed E-state index contributed by atoms with van der Waals surface area (Å²) in [7, 11) is -3.08. The minimum atomic E-state index is -3.08. The van der Waals surface area contributed by atoms with Crippen molar-refractivity contribution in [2.45, 2.75) is 24.5 Å². The van der Waals surface area contributed by atoms with Gasteiger partial charge in [-0.1, -0.05) is 0 Å². The number of aromatic nitrogens is 2. The maximum absolute atomic E-state index is 11.9. The Hall–Kier alpha value is -1.21. The SMILES string of the molecule is O=c1[nH]c(C2CCNC2)nc2c1CCS(=O)(=O)C2. The maximum atomic E-state index is 11.9. The third-order valence-electron chi connectivity index (χ3n) is 3.59. The van der Waals surface area contributed by atoms with E-state index in [2.05, 4.69) is 15.3 Å². The normalized spacial score (nSPS) is 25.9. The van der Waals surface area contributed by atoms with Gasteiger partial charge in [-0.3, -0.25) is 4.79 Å². The van der Waals surface area contributed by atoms with Crippen LogP contribution in [0, 0.1) is 0 Å². The van der Waals surface area contributed by atoms with Crippen LogP contribution in [-0.4, -0.2) is 37.2 Å². The van der Waals surface area contributed by atoms with E-state index in [1.165, 1.54) is 0 Å². The quantitative estimate of drug-likeness (QED) is 0.704. The molecular formula is C11H15N3O3S. The summed E-state index contributed by atoms with van der Waals surface area (Å²) in [5.41, 5.74) is 0.822. The van der Waals surface area contributed by atoms with Crippen LogP contribution in [-0.2, 0) is 22.0 Å². The molecule has 2 N–H and O–H groups in total. The molecule has 0 radical (unpaired) electrons. The van der Waals surface area contributed by atoms with Crippen LogP contribution < -0.4 is 10.9 Å². The van der Waals surface area contributed by atoms with Crippen molar-refractivity contribution in [1.29, 1.82) is 0 Å². The molecule has 3 heterocycles. The highest BCUT2D eigenvalue weighted by Crippen LogP contribution is 2.21. The molecule has 1 aromatic heterocycles. The molecule has 1 fully saturated rings. The number of fused-ring (bicyclic) bond motifs is 1. The smallest absolute Gasteiger partial charge is 0.254 e. The Labute approximate surface area is 105 Å². The lowest BCUT2D eigenvalue weighted by Gasteiger charge is -2.17. The van der Waals surface area contributed by atoms with Gasteiger partial charge < -0.3 is 10.3 Å². The van der Waals surface area contributed by atoms with Crippen LogP contribution in [0.3, 0.4) is 0 Å². The number of H-pyrrole nitrogens is 1. The molecule has 0 spiro atoms. The van der Waals surface area contributed by atoms with Crippen molar-refractivity contribution < 1.29 is 8.42 Å². The summed E-state index contributed by atoms with van der Waals surface area (Å²) in [6, 6.07) is 0. The summed E-state index contributed by atoms with van der Waals surface area (Å²) < 4.78 is 23.2. The lowest BCUT2D eigenvalue weighted by atomic mass is 10.1. The van der Waals surface area contributed by atoms with E-state index in [4.69, 9.17) is 0 Å². The van der Waals surface area contributed by atoms with E-state index >= 15 is 0 Å². The molecule has 98 valence electrons. The Morgan fingerprint density at radius 3 is 2.89 bits per heavy atom. The molecule has 0 aliphatic carbocycles. The second-order valence-corrected chi connectivity index (χ2v) is 7.09. The van der Waals surface area contributed by atoms with E-state index in [0.29, 0.717) is 17.1 Å². The zero-order chi connectivity index (χ0) is 12.8. The highest BCUT2D eigenvalue weighted by molar-refractivity contribution is 7.90. The van der Waals surface area contributed by atoms with Crippen LogP contribution in [0.1, 0.15) is 29.4 Å². The van der Waals surface area contributed by atoms with Crippen molar-refractivity contribution in [3.05, 3.63) is 27.4 Å². The number of hydrogen-bond donors (Lipinski definition) is 2. The van der Waals surface area contributed by atoms with Crippen molar-refractivity contribution in [3.8, 4) is 0 Å². The Bertz CT molecular complexity index is 629. The third kappa shape index (κ3) is 2.08. The van der Waals surface area contributed by atoms with Gasteiger partial charge in [0.25, 0.3) is 5.56 Å². The van der Waals surface area contributed by atoms with Gasteiger partial charge in [0.1, 0.15) is 5.82 Å². The highest BCUT2D eigenvalue weighted by atomic mass is 32.2. The minimum absolute atomic E-state index is 0.0507. The van der Waals surface area contributed by atoms with Crippen LogP contribution in [0.5, 0.6) is 0 Å². The lowest BCUT2D eigenvalue weighted by Crippen LogP contribution is -2.30.